The van der Waals surface area contributed by atoms with E-state index in [9.17, 15) is 0 Å². The molecule has 3 aromatic rings. The lowest BCUT2D eigenvalue weighted by Gasteiger charge is -2.09. The van der Waals surface area contributed by atoms with Gasteiger partial charge in [0.2, 0.25) is 0 Å². The molecule has 1 heterocycles. The summed E-state index contributed by atoms with van der Waals surface area (Å²) < 4.78 is 7.42. The van der Waals surface area contributed by atoms with Gasteiger partial charge in [-0.05, 0) is 42.0 Å². The molecule has 124 valence electrons. The maximum atomic E-state index is 5.24. The molecule has 5 heteroatoms. The standard InChI is InChI=1S/C19H18N2OS.BrH/c1-3-13-20-19-21(16-7-5-4-6-8-16)18(14-23-19)15-9-11-17(22-2)12-10-15;/h3-12,14H,1,13H2,2H3;1H/p-1. The average molecular weight is 402 g/mol. The molecule has 0 N–H and O–H groups in total. The third-order valence-corrected chi connectivity index (χ3v) is 4.33. The van der Waals surface area contributed by atoms with Crippen LogP contribution in [-0.2, 0) is 0 Å². The number of nitrogens with zero attached hydrogens (tertiary/aromatic N) is 2. The highest BCUT2D eigenvalue weighted by Crippen LogP contribution is 2.25. The highest BCUT2D eigenvalue weighted by molar-refractivity contribution is 7.07. The number of thiazole rings is 1. The van der Waals surface area contributed by atoms with Gasteiger partial charge in [0.25, 0.3) is 0 Å². The molecule has 0 fully saturated rings. The van der Waals surface area contributed by atoms with Gasteiger partial charge in [-0.3, -0.25) is 9.56 Å². The zero-order valence-corrected chi connectivity index (χ0v) is 15.8. The minimum absolute atomic E-state index is 0. The molecular formula is C19H18BrN2OS-. The van der Waals surface area contributed by atoms with Crippen LogP contribution in [0.2, 0.25) is 0 Å². The first-order valence-electron chi connectivity index (χ1n) is 7.35. The highest BCUT2D eigenvalue weighted by Gasteiger charge is 2.09. The number of hydrogen-bond donors (Lipinski definition) is 0. The molecule has 0 unspecified atom stereocenters. The second kappa shape index (κ2) is 8.66. The summed E-state index contributed by atoms with van der Waals surface area (Å²) in [6, 6.07) is 18.4. The monoisotopic (exact) mass is 401 g/mol. The van der Waals surface area contributed by atoms with Gasteiger partial charge >= 0.3 is 0 Å². The lowest BCUT2D eigenvalue weighted by Crippen LogP contribution is -3.00. The third kappa shape index (κ3) is 3.86. The highest BCUT2D eigenvalue weighted by atomic mass is 79.9. The van der Waals surface area contributed by atoms with Crippen LogP contribution in [0.3, 0.4) is 0 Å². The molecule has 0 spiro atoms. The Labute approximate surface area is 156 Å². The van der Waals surface area contributed by atoms with E-state index in [0.717, 1.165) is 27.5 Å². The number of benzene rings is 2. The summed E-state index contributed by atoms with van der Waals surface area (Å²) >= 11 is 1.63. The maximum Gasteiger partial charge on any atom is 0.190 e. The van der Waals surface area contributed by atoms with Crippen LogP contribution >= 0.6 is 11.3 Å². The first-order valence-corrected chi connectivity index (χ1v) is 8.23. The summed E-state index contributed by atoms with van der Waals surface area (Å²) in [6.07, 6.45) is 1.81. The van der Waals surface area contributed by atoms with E-state index in [1.165, 1.54) is 0 Å². The molecular weight excluding hydrogens is 384 g/mol. The van der Waals surface area contributed by atoms with Gasteiger partial charge in [0.1, 0.15) is 5.75 Å². The Morgan fingerprint density at radius 2 is 1.83 bits per heavy atom. The zero-order valence-electron chi connectivity index (χ0n) is 13.4. The molecule has 24 heavy (non-hydrogen) atoms. The number of methoxy groups -OCH3 is 1. The van der Waals surface area contributed by atoms with Crippen molar-refractivity contribution in [2.24, 2.45) is 4.99 Å². The van der Waals surface area contributed by atoms with Gasteiger partial charge in [0.05, 0.1) is 19.3 Å². The Morgan fingerprint density at radius 1 is 1.12 bits per heavy atom. The fourth-order valence-electron chi connectivity index (χ4n) is 2.35. The van der Waals surface area contributed by atoms with Gasteiger partial charge in [-0.1, -0.05) is 24.3 Å². The van der Waals surface area contributed by atoms with Crippen molar-refractivity contribution < 1.29 is 21.7 Å². The van der Waals surface area contributed by atoms with Crippen LogP contribution in [0.5, 0.6) is 5.75 Å². The molecule has 0 aliphatic heterocycles. The SMILES string of the molecule is C=CCN=c1scc(-c2ccc(OC)cc2)n1-c1ccccc1.[Br-]. The molecule has 3 nitrogen and oxygen atoms in total. The van der Waals surface area contributed by atoms with Crippen molar-refractivity contribution in [3.63, 3.8) is 0 Å². The van der Waals surface area contributed by atoms with Crippen LogP contribution in [0.1, 0.15) is 0 Å². The van der Waals surface area contributed by atoms with Crippen LogP contribution in [0.15, 0.2) is 77.6 Å². The molecule has 3 rings (SSSR count). The summed E-state index contributed by atoms with van der Waals surface area (Å²) in [5.74, 6) is 0.854. The number of aromatic nitrogens is 1. The summed E-state index contributed by atoms with van der Waals surface area (Å²) in [4.78, 5) is 5.58. The van der Waals surface area contributed by atoms with Crippen molar-refractivity contribution >= 4 is 11.3 Å². The minimum Gasteiger partial charge on any atom is -1.00 e. The van der Waals surface area contributed by atoms with Gasteiger partial charge in [0, 0.05) is 11.1 Å². The molecule has 0 aliphatic carbocycles. The number of rotatable bonds is 5. The molecule has 1 aromatic heterocycles. The van der Waals surface area contributed by atoms with E-state index >= 15 is 0 Å². The largest absolute Gasteiger partial charge is 1.00 e. The van der Waals surface area contributed by atoms with Crippen molar-refractivity contribution in [3.05, 3.63) is 77.4 Å². The third-order valence-electron chi connectivity index (χ3n) is 3.46. The number of ether oxygens (including phenoxy) is 1. The topological polar surface area (TPSA) is 26.5 Å². The van der Waals surface area contributed by atoms with Crippen LogP contribution in [-0.4, -0.2) is 18.2 Å². The molecule has 0 bridgehead atoms. The lowest BCUT2D eigenvalue weighted by atomic mass is 10.1. The van der Waals surface area contributed by atoms with Gasteiger partial charge in [-0.2, -0.15) is 0 Å². The minimum atomic E-state index is 0. The van der Waals surface area contributed by atoms with Crippen LogP contribution in [0.4, 0.5) is 0 Å². The van der Waals surface area contributed by atoms with Crippen LogP contribution < -0.4 is 26.5 Å². The molecule has 0 radical (unpaired) electrons. The van der Waals surface area contributed by atoms with Gasteiger partial charge in [0.15, 0.2) is 4.80 Å². The average Bonchev–Trinajstić information content (AvgIpc) is 3.04. The predicted molar refractivity (Wildman–Crippen MR) is 96.3 cm³/mol. The Kier molecular flexibility index (Phi) is 6.58. The van der Waals surface area contributed by atoms with E-state index in [2.05, 4.69) is 45.8 Å². The van der Waals surface area contributed by atoms with E-state index in [1.54, 1.807) is 18.4 Å². The van der Waals surface area contributed by atoms with Gasteiger partial charge in [-0.15, -0.1) is 17.9 Å². The number of halogens is 1. The second-order valence-corrected chi connectivity index (χ2v) is 5.77. The first kappa shape index (κ1) is 18.2. The van der Waals surface area contributed by atoms with Crippen molar-refractivity contribution in [2.45, 2.75) is 0 Å². The van der Waals surface area contributed by atoms with Crippen molar-refractivity contribution in [3.8, 4) is 22.7 Å². The summed E-state index contributed by atoms with van der Waals surface area (Å²) in [5.41, 5.74) is 3.35. The van der Waals surface area contributed by atoms with Crippen molar-refractivity contribution in [1.29, 1.82) is 0 Å². The van der Waals surface area contributed by atoms with Crippen LogP contribution in [0, 0.1) is 0 Å². The summed E-state index contributed by atoms with van der Waals surface area (Å²) in [7, 11) is 1.68. The zero-order chi connectivity index (χ0) is 16.1. The molecule has 0 saturated heterocycles. The second-order valence-electron chi connectivity index (χ2n) is 4.93. The molecule has 0 saturated carbocycles. The Hall–Kier alpha value is -2.11. The Bertz CT molecular complexity index is 851. The molecule has 0 aliphatic rings. The van der Waals surface area contributed by atoms with Crippen LogP contribution in [0.25, 0.3) is 16.9 Å². The molecule has 0 atom stereocenters. The fourth-order valence-corrected chi connectivity index (χ4v) is 3.27. The normalized spacial score (nSPS) is 11.0. The van der Waals surface area contributed by atoms with E-state index < -0.39 is 0 Å². The summed E-state index contributed by atoms with van der Waals surface area (Å²) in [5, 5.41) is 2.14. The quantitative estimate of drug-likeness (QED) is 0.592. The lowest BCUT2D eigenvalue weighted by molar-refractivity contribution is -0.00000487. The number of hydrogen-bond acceptors (Lipinski definition) is 3. The van der Waals surface area contributed by atoms with E-state index in [4.69, 9.17) is 4.74 Å². The predicted octanol–water partition coefficient (Wildman–Crippen LogP) is 1.31. The first-order chi connectivity index (χ1) is 11.3. The van der Waals surface area contributed by atoms with E-state index in [0.29, 0.717) is 6.54 Å². The van der Waals surface area contributed by atoms with Gasteiger partial charge in [-0.25, -0.2) is 0 Å². The van der Waals surface area contributed by atoms with Crippen molar-refractivity contribution in [2.75, 3.05) is 13.7 Å². The molecule has 0 amide bonds. The maximum absolute atomic E-state index is 5.24. The Morgan fingerprint density at radius 3 is 2.46 bits per heavy atom. The number of para-hydroxylation sites is 1. The summed E-state index contributed by atoms with van der Waals surface area (Å²) in [6.45, 7) is 4.36. The Balaban J connectivity index is 0.00000208. The van der Waals surface area contributed by atoms with Crippen molar-refractivity contribution in [1.82, 2.24) is 4.57 Å². The fraction of sp³-hybridized carbons (Fsp3) is 0.105. The van der Waals surface area contributed by atoms with E-state index in [1.807, 2.05) is 36.4 Å². The van der Waals surface area contributed by atoms with Gasteiger partial charge < -0.3 is 21.7 Å². The van der Waals surface area contributed by atoms with E-state index in [-0.39, 0.29) is 17.0 Å². The molecule has 2 aromatic carbocycles. The smallest absolute Gasteiger partial charge is 0.190 e.